The molecular weight excluding hydrogens is 214 g/mol. The van der Waals surface area contributed by atoms with Crippen LogP contribution in [0.2, 0.25) is 0 Å². The molecule has 5 heteroatoms. The predicted octanol–water partition coefficient (Wildman–Crippen LogP) is 1.25. The molecule has 0 aromatic rings. The third-order valence-electron chi connectivity index (χ3n) is 2.80. The van der Waals surface area contributed by atoms with Crippen LogP contribution in [0.3, 0.4) is 0 Å². The molecule has 0 spiro atoms. The molecule has 2 N–H and O–H groups in total. The molecule has 1 rings (SSSR count). The van der Waals surface area contributed by atoms with Crippen LogP contribution < -0.4 is 5.32 Å². The number of hydrogen-bond acceptors (Lipinski definition) is 3. The summed E-state index contributed by atoms with van der Waals surface area (Å²) in [6, 6.07) is 0. The van der Waals surface area contributed by atoms with E-state index < -0.39 is 11.5 Å². The molecule has 15 heavy (non-hydrogen) atoms. The predicted molar refractivity (Wildman–Crippen MR) is 60.0 cm³/mol. The molecule has 1 aliphatic rings. The van der Waals surface area contributed by atoms with Crippen LogP contribution >= 0.6 is 11.8 Å². The van der Waals surface area contributed by atoms with E-state index in [1.54, 1.807) is 25.6 Å². The van der Waals surface area contributed by atoms with Gasteiger partial charge in [-0.05, 0) is 31.9 Å². The zero-order valence-electron chi connectivity index (χ0n) is 9.08. The fourth-order valence-electron chi connectivity index (χ4n) is 1.43. The molecule has 1 saturated heterocycles. The minimum Gasteiger partial charge on any atom is -0.480 e. The highest BCUT2D eigenvalue weighted by atomic mass is 32.2. The van der Waals surface area contributed by atoms with Gasteiger partial charge >= 0.3 is 5.97 Å². The molecule has 4 nitrogen and oxygen atoms in total. The summed E-state index contributed by atoms with van der Waals surface area (Å²) >= 11 is 1.61. The highest BCUT2D eigenvalue weighted by Gasteiger charge is 2.35. The molecule has 1 aliphatic heterocycles. The van der Waals surface area contributed by atoms with E-state index in [1.165, 1.54) is 0 Å². The number of hydrogen-bond donors (Lipinski definition) is 2. The van der Waals surface area contributed by atoms with Crippen molar-refractivity contribution in [1.82, 2.24) is 5.32 Å². The molecule has 1 fully saturated rings. The number of aliphatic carboxylic acids is 1. The molecule has 86 valence electrons. The van der Waals surface area contributed by atoms with Crippen LogP contribution in [0, 0.1) is 0 Å². The molecule has 2 unspecified atom stereocenters. The van der Waals surface area contributed by atoms with Crippen LogP contribution in [0.5, 0.6) is 0 Å². The normalized spacial score (nSPS) is 24.5. The second-order valence-electron chi connectivity index (χ2n) is 3.98. The highest BCUT2D eigenvalue weighted by Crippen LogP contribution is 2.26. The fourth-order valence-corrected chi connectivity index (χ4v) is 2.59. The van der Waals surface area contributed by atoms with Crippen LogP contribution in [-0.4, -0.2) is 33.5 Å². The maximum atomic E-state index is 11.7. The van der Waals surface area contributed by atoms with E-state index in [-0.39, 0.29) is 11.2 Å². The minimum absolute atomic E-state index is 0.0600. The number of rotatable bonds is 4. The van der Waals surface area contributed by atoms with Crippen molar-refractivity contribution in [2.45, 2.75) is 43.9 Å². The molecule has 0 saturated carbocycles. The quantitative estimate of drug-likeness (QED) is 0.764. The van der Waals surface area contributed by atoms with E-state index in [0.717, 1.165) is 18.6 Å². The number of nitrogens with one attached hydrogen (secondary N) is 1. The lowest BCUT2D eigenvalue weighted by atomic mass is 9.99. The van der Waals surface area contributed by atoms with E-state index in [4.69, 9.17) is 5.11 Å². The van der Waals surface area contributed by atoms with Crippen molar-refractivity contribution >= 4 is 23.6 Å². The number of carboxylic acid groups (broad SMARTS) is 1. The zero-order chi connectivity index (χ0) is 11.5. The van der Waals surface area contributed by atoms with Gasteiger partial charge in [0.05, 0.1) is 5.25 Å². The summed E-state index contributed by atoms with van der Waals surface area (Å²) in [5.41, 5.74) is -1.12. The number of amides is 1. The van der Waals surface area contributed by atoms with Crippen LogP contribution in [-0.2, 0) is 9.59 Å². The second-order valence-corrected chi connectivity index (χ2v) is 5.29. The third-order valence-corrected chi connectivity index (χ3v) is 4.18. The Morgan fingerprint density at radius 1 is 1.60 bits per heavy atom. The van der Waals surface area contributed by atoms with E-state index in [1.807, 2.05) is 0 Å². The van der Waals surface area contributed by atoms with Gasteiger partial charge in [0.1, 0.15) is 5.54 Å². The van der Waals surface area contributed by atoms with Crippen molar-refractivity contribution in [1.29, 1.82) is 0 Å². The van der Waals surface area contributed by atoms with Crippen molar-refractivity contribution in [3.05, 3.63) is 0 Å². The van der Waals surface area contributed by atoms with E-state index in [2.05, 4.69) is 5.32 Å². The van der Waals surface area contributed by atoms with Gasteiger partial charge in [-0.15, -0.1) is 11.8 Å². The summed E-state index contributed by atoms with van der Waals surface area (Å²) in [6.45, 7) is 3.31. The molecule has 1 heterocycles. The number of thioether (sulfide) groups is 1. The molecule has 0 bridgehead atoms. The molecule has 0 aliphatic carbocycles. The Bertz CT molecular complexity index is 263. The van der Waals surface area contributed by atoms with Crippen molar-refractivity contribution in [3.8, 4) is 0 Å². The molecule has 2 atom stereocenters. The molecule has 1 amide bonds. The number of carbonyl (C=O) groups is 2. The van der Waals surface area contributed by atoms with Crippen LogP contribution in [0.15, 0.2) is 0 Å². The Labute approximate surface area is 93.8 Å². The SMILES string of the molecule is CCC(C)(NC(=O)C1CCCS1)C(=O)O. The molecular formula is C10H17NO3S. The minimum atomic E-state index is -1.12. The molecule has 0 aromatic heterocycles. The van der Waals surface area contributed by atoms with Crippen molar-refractivity contribution in [2.75, 3.05) is 5.75 Å². The van der Waals surface area contributed by atoms with Gasteiger partial charge in [0.25, 0.3) is 0 Å². The lowest BCUT2D eigenvalue weighted by Crippen LogP contribution is -2.53. The Balaban J connectivity index is 2.58. The topological polar surface area (TPSA) is 66.4 Å². The van der Waals surface area contributed by atoms with E-state index in [0.29, 0.717) is 6.42 Å². The lowest BCUT2D eigenvalue weighted by molar-refractivity contribution is -0.146. The summed E-state index contributed by atoms with van der Waals surface area (Å²) < 4.78 is 0. The smallest absolute Gasteiger partial charge is 0.329 e. The summed E-state index contributed by atoms with van der Waals surface area (Å²) in [5, 5.41) is 11.6. The van der Waals surface area contributed by atoms with Gasteiger partial charge in [-0.2, -0.15) is 0 Å². The Kier molecular flexibility index (Phi) is 4.02. The molecule has 0 radical (unpaired) electrons. The van der Waals surface area contributed by atoms with Gasteiger partial charge in [-0.3, -0.25) is 4.79 Å². The van der Waals surface area contributed by atoms with Crippen molar-refractivity contribution in [3.63, 3.8) is 0 Å². The number of carbonyl (C=O) groups excluding carboxylic acids is 1. The first-order valence-electron chi connectivity index (χ1n) is 5.16. The van der Waals surface area contributed by atoms with Crippen molar-refractivity contribution < 1.29 is 14.7 Å². The lowest BCUT2D eigenvalue weighted by Gasteiger charge is -2.26. The van der Waals surface area contributed by atoms with Gasteiger partial charge < -0.3 is 10.4 Å². The zero-order valence-corrected chi connectivity index (χ0v) is 9.89. The Morgan fingerprint density at radius 3 is 2.67 bits per heavy atom. The first-order valence-corrected chi connectivity index (χ1v) is 6.21. The summed E-state index contributed by atoms with van der Waals surface area (Å²) in [6.07, 6.45) is 2.29. The summed E-state index contributed by atoms with van der Waals surface area (Å²) in [4.78, 5) is 22.7. The van der Waals surface area contributed by atoms with Gasteiger partial charge in [0, 0.05) is 0 Å². The number of carboxylic acids is 1. The third kappa shape index (κ3) is 2.87. The van der Waals surface area contributed by atoms with Gasteiger partial charge in [-0.25, -0.2) is 4.79 Å². The Hall–Kier alpha value is -0.710. The van der Waals surface area contributed by atoms with Gasteiger partial charge in [0.2, 0.25) is 5.91 Å². The highest BCUT2D eigenvalue weighted by molar-refractivity contribution is 8.00. The van der Waals surface area contributed by atoms with Crippen LogP contribution in [0.1, 0.15) is 33.1 Å². The summed E-state index contributed by atoms with van der Waals surface area (Å²) in [5.74, 6) is -0.112. The standard InChI is InChI=1S/C10H17NO3S/c1-3-10(2,9(13)14)11-8(12)7-5-4-6-15-7/h7H,3-6H2,1-2H3,(H,11,12)(H,13,14). The monoisotopic (exact) mass is 231 g/mol. The van der Waals surface area contributed by atoms with Gasteiger partial charge in [-0.1, -0.05) is 6.92 Å². The first kappa shape index (κ1) is 12.4. The van der Waals surface area contributed by atoms with E-state index >= 15 is 0 Å². The second kappa shape index (κ2) is 4.88. The average molecular weight is 231 g/mol. The first-order chi connectivity index (χ1) is 6.99. The van der Waals surface area contributed by atoms with Crippen molar-refractivity contribution in [2.24, 2.45) is 0 Å². The van der Waals surface area contributed by atoms with E-state index in [9.17, 15) is 9.59 Å². The Morgan fingerprint density at radius 2 is 2.27 bits per heavy atom. The van der Waals surface area contributed by atoms with Crippen LogP contribution in [0.4, 0.5) is 0 Å². The van der Waals surface area contributed by atoms with Gasteiger partial charge in [0.15, 0.2) is 0 Å². The molecule has 0 aromatic carbocycles. The largest absolute Gasteiger partial charge is 0.480 e. The average Bonchev–Trinajstić information content (AvgIpc) is 2.70. The maximum absolute atomic E-state index is 11.7. The fraction of sp³-hybridized carbons (Fsp3) is 0.800. The summed E-state index contributed by atoms with van der Waals surface area (Å²) in [7, 11) is 0. The maximum Gasteiger partial charge on any atom is 0.329 e. The van der Waals surface area contributed by atoms with Crippen LogP contribution in [0.25, 0.3) is 0 Å².